The molecular weight excluding hydrogens is 308 g/mol. The van der Waals surface area contributed by atoms with Gasteiger partial charge in [0.1, 0.15) is 11.5 Å². The van der Waals surface area contributed by atoms with Gasteiger partial charge in [0.15, 0.2) is 0 Å². The highest BCUT2D eigenvalue weighted by atomic mass is 79.9. The van der Waals surface area contributed by atoms with Crippen LogP contribution in [-0.2, 0) is 6.54 Å². The molecule has 0 bridgehead atoms. The molecule has 5 nitrogen and oxygen atoms in total. The minimum absolute atomic E-state index is 0.167. The van der Waals surface area contributed by atoms with Gasteiger partial charge in [0.05, 0.1) is 12.4 Å². The van der Waals surface area contributed by atoms with Crippen LogP contribution in [0.15, 0.2) is 41.1 Å². The summed E-state index contributed by atoms with van der Waals surface area (Å²) in [6, 6.07) is 8.00. The van der Waals surface area contributed by atoms with Crippen LogP contribution in [0, 0.1) is 0 Å². The van der Waals surface area contributed by atoms with Crippen LogP contribution in [0.2, 0.25) is 0 Å². The van der Waals surface area contributed by atoms with Crippen molar-refractivity contribution in [1.29, 1.82) is 0 Å². The monoisotopic (exact) mass is 320 g/mol. The van der Waals surface area contributed by atoms with Gasteiger partial charge in [-0.15, -0.1) is 0 Å². The maximum Gasteiger partial charge on any atom is 0.268 e. The van der Waals surface area contributed by atoms with E-state index >= 15 is 0 Å². The van der Waals surface area contributed by atoms with Gasteiger partial charge in [-0.2, -0.15) is 0 Å². The molecule has 1 amide bonds. The van der Waals surface area contributed by atoms with Crippen LogP contribution >= 0.6 is 15.9 Å². The number of hydrogen-bond donors (Lipinski definition) is 1. The first kappa shape index (κ1) is 13.5. The molecule has 0 aliphatic carbocycles. The van der Waals surface area contributed by atoms with Crippen LogP contribution in [0.3, 0.4) is 0 Å². The molecule has 2 aromatic rings. The Labute approximate surface area is 119 Å². The Hall–Kier alpha value is -1.95. The van der Waals surface area contributed by atoms with E-state index in [-0.39, 0.29) is 5.69 Å². The van der Waals surface area contributed by atoms with Gasteiger partial charge in [-0.3, -0.25) is 9.78 Å². The number of amides is 1. The van der Waals surface area contributed by atoms with Crippen molar-refractivity contribution in [2.75, 3.05) is 11.9 Å². The molecule has 0 saturated carbocycles. The van der Waals surface area contributed by atoms with E-state index in [2.05, 4.69) is 25.9 Å². The van der Waals surface area contributed by atoms with Crippen molar-refractivity contribution in [2.45, 2.75) is 6.54 Å². The molecule has 0 atom stereocenters. The SMILES string of the molecule is CN(Cc1ccc(Br)cc1)c1cncc(C(N)=O)n1. The Morgan fingerprint density at radius 3 is 2.63 bits per heavy atom. The first-order chi connectivity index (χ1) is 9.06. The molecule has 0 aliphatic heterocycles. The number of halogens is 1. The number of rotatable bonds is 4. The molecule has 98 valence electrons. The van der Waals surface area contributed by atoms with Crippen LogP contribution in [0.5, 0.6) is 0 Å². The number of carbonyl (C=O) groups excluding carboxylic acids is 1. The Bertz CT molecular complexity index is 585. The Morgan fingerprint density at radius 2 is 2.00 bits per heavy atom. The van der Waals surface area contributed by atoms with E-state index in [4.69, 9.17) is 5.73 Å². The van der Waals surface area contributed by atoms with Crippen LogP contribution in [0.1, 0.15) is 16.1 Å². The molecule has 2 rings (SSSR count). The summed E-state index contributed by atoms with van der Waals surface area (Å²) in [5.74, 6) is 0.0330. The first-order valence-corrected chi connectivity index (χ1v) is 6.43. The lowest BCUT2D eigenvalue weighted by Crippen LogP contribution is -2.20. The van der Waals surface area contributed by atoms with Crippen molar-refractivity contribution in [3.8, 4) is 0 Å². The molecule has 0 unspecified atom stereocenters. The van der Waals surface area contributed by atoms with Gasteiger partial charge in [0.2, 0.25) is 0 Å². The van der Waals surface area contributed by atoms with Crippen molar-refractivity contribution in [3.63, 3.8) is 0 Å². The molecule has 0 fully saturated rings. The number of primary amides is 1. The Kier molecular flexibility index (Phi) is 4.11. The zero-order chi connectivity index (χ0) is 13.8. The van der Waals surface area contributed by atoms with Crippen molar-refractivity contribution >= 4 is 27.7 Å². The second kappa shape index (κ2) is 5.79. The summed E-state index contributed by atoms with van der Waals surface area (Å²) >= 11 is 3.39. The second-order valence-corrected chi connectivity index (χ2v) is 5.02. The van der Waals surface area contributed by atoms with Crippen molar-refractivity contribution < 1.29 is 4.79 Å². The molecule has 6 heteroatoms. The highest BCUT2D eigenvalue weighted by Crippen LogP contribution is 2.15. The molecule has 1 aromatic heterocycles. The van der Waals surface area contributed by atoms with Crippen molar-refractivity contribution in [2.24, 2.45) is 5.73 Å². The maximum atomic E-state index is 11.1. The highest BCUT2D eigenvalue weighted by molar-refractivity contribution is 9.10. The van der Waals surface area contributed by atoms with Gasteiger partial charge in [0.25, 0.3) is 5.91 Å². The van der Waals surface area contributed by atoms with Gasteiger partial charge >= 0.3 is 0 Å². The largest absolute Gasteiger partial charge is 0.364 e. The predicted octanol–water partition coefficient (Wildman–Crippen LogP) is 1.97. The molecule has 1 heterocycles. The van der Waals surface area contributed by atoms with E-state index in [0.29, 0.717) is 12.4 Å². The molecule has 19 heavy (non-hydrogen) atoms. The lowest BCUT2D eigenvalue weighted by atomic mass is 10.2. The normalized spacial score (nSPS) is 10.2. The van der Waals surface area contributed by atoms with Crippen LogP contribution in [-0.4, -0.2) is 22.9 Å². The standard InChI is InChI=1S/C13H13BrN4O/c1-18(8-9-2-4-10(14)5-3-9)12-7-16-6-11(17-12)13(15)19/h2-7H,8H2,1H3,(H2,15,19). The topological polar surface area (TPSA) is 72.1 Å². The minimum atomic E-state index is -0.577. The van der Waals surface area contributed by atoms with Gasteiger partial charge in [0, 0.05) is 18.1 Å². The fourth-order valence-corrected chi connectivity index (χ4v) is 1.87. The average molecular weight is 321 g/mol. The van der Waals surface area contributed by atoms with E-state index < -0.39 is 5.91 Å². The Morgan fingerprint density at radius 1 is 1.32 bits per heavy atom. The van der Waals surface area contributed by atoms with E-state index in [1.807, 2.05) is 36.2 Å². The fraction of sp³-hybridized carbons (Fsp3) is 0.154. The molecular formula is C13H13BrN4O. The zero-order valence-corrected chi connectivity index (χ0v) is 12.0. The number of anilines is 1. The number of carbonyl (C=O) groups is 1. The summed E-state index contributed by atoms with van der Waals surface area (Å²) in [6.45, 7) is 0.671. The fourth-order valence-electron chi connectivity index (χ4n) is 1.60. The molecule has 1 aromatic carbocycles. The third-order valence-corrected chi connectivity index (χ3v) is 3.13. The maximum absolute atomic E-state index is 11.1. The zero-order valence-electron chi connectivity index (χ0n) is 10.4. The summed E-state index contributed by atoms with van der Waals surface area (Å²) in [7, 11) is 1.89. The smallest absolute Gasteiger partial charge is 0.268 e. The lowest BCUT2D eigenvalue weighted by molar-refractivity contribution is 0.0995. The van der Waals surface area contributed by atoms with Crippen LogP contribution in [0.4, 0.5) is 5.82 Å². The van der Waals surface area contributed by atoms with Crippen LogP contribution < -0.4 is 10.6 Å². The quantitative estimate of drug-likeness (QED) is 0.934. The van der Waals surface area contributed by atoms with E-state index in [0.717, 1.165) is 10.0 Å². The highest BCUT2D eigenvalue weighted by Gasteiger charge is 2.08. The van der Waals surface area contributed by atoms with E-state index in [1.165, 1.54) is 6.20 Å². The van der Waals surface area contributed by atoms with Crippen molar-refractivity contribution in [3.05, 3.63) is 52.4 Å². The van der Waals surface area contributed by atoms with Gasteiger partial charge in [-0.25, -0.2) is 4.98 Å². The number of nitrogens with two attached hydrogens (primary N) is 1. The summed E-state index contributed by atoms with van der Waals surface area (Å²) in [5.41, 5.74) is 6.49. The van der Waals surface area contributed by atoms with Crippen molar-refractivity contribution in [1.82, 2.24) is 9.97 Å². The third-order valence-electron chi connectivity index (χ3n) is 2.60. The number of hydrogen-bond acceptors (Lipinski definition) is 4. The first-order valence-electron chi connectivity index (χ1n) is 5.63. The number of benzene rings is 1. The van der Waals surface area contributed by atoms with E-state index in [9.17, 15) is 4.79 Å². The number of nitrogens with zero attached hydrogens (tertiary/aromatic N) is 3. The minimum Gasteiger partial charge on any atom is -0.364 e. The summed E-state index contributed by atoms with van der Waals surface area (Å²) in [4.78, 5) is 21.1. The summed E-state index contributed by atoms with van der Waals surface area (Å²) in [5, 5.41) is 0. The molecule has 0 spiro atoms. The Balaban J connectivity index is 2.15. The molecule has 0 aliphatic rings. The molecule has 0 radical (unpaired) electrons. The van der Waals surface area contributed by atoms with Gasteiger partial charge < -0.3 is 10.6 Å². The molecule has 0 saturated heterocycles. The third kappa shape index (κ3) is 3.51. The van der Waals surface area contributed by atoms with Crippen LogP contribution in [0.25, 0.3) is 0 Å². The van der Waals surface area contributed by atoms with Gasteiger partial charge in [-0.1, -0.05) is 28.1 Å². The number of aromatic nitrogens is 2. The average Bonchev–Trinajstić information content (AvgIpc) is 2.41. The van der Waals surface area contributed by atoms with E-state index in [1.54, 1.807) is 6.20 Å². The summed E-state index contributed by atoms with van der Waals surface area (Å²) < 4.78 is 1.04. The second-order valence-electron chi connectivity index (χ2n) is 4.11. The summed E-state index contributed by atoms with van der Waals surface area (Å²) in [6.07, 6.45) is 2.96. The van der Waals surface area contributed by atoms with Gasteiger partial charge in [-0.05, 0) is 17.7 Å². The molecule has 2 N–H and O–H groups in total. The lowest BCUT2D eigenvalue weighted by Gasteiger charge is -2.18. The predicted molar refractivity (Wildman–Crippen MR) is 76.8 cm³/mol.